The molecule has 0 aromatic carbocycles. The molecule has 6 heteroatoms. The van der Waals surface area contributed by atoms with E-state index in [4.69, 9.17) is 4.74 Å². The number of thioether (sulfide) groups is 1. The van der Waals surface area contributed by atoms with Crippen molar-refractivity contribution < 1.29 is 9.53 Å². The third-order valence-corrected chi connectivity index (χ3v) is 4.81. The molecule has 1 aliphatic carbocycles. The summed E-state index contributed by atoms with van der Waals surface area (Å²) >= 11 is 1.70. The van der Waals surface area contributed by atoms with E-state index in [1.165, 1.54) is 7.11 Å². The Hall–Kier alpha value is -1.30. The van der Waals surface area contributed by atoms with Crippen molar-refractivity contribution in [3.8, 4) is 0 Å². The van der Waals surface area contributed by atoms with Crippen LogP contribution in [0, 0.1) is 12.3 Å². The summed E-state index contributed by atoms with van der Waals surface area (Å²) in [6.45, 7) is 2.00. The summed E-state index contributed by atoms with van der Waals surface area (Å²) in [6.07, 6.45) is 4.52. The number of nitrogens with one attached hydrogen (secondary N) is 1. The molecule has 0 saturated heterocycles. The molecule has 1 aromatic rings. The van der Waals surface area contributed by atoms with Crippen molar-refractivity contribution in [1.82, 2.24) is 9.97 Å². The Labute approximate surface area is 117 Å². The molecule has 1 fully saturated rings. The molecule has 2 rings (SSSR count). The van der Waals surface area contributed by atoms with E-state index < -0.39 is 0 Å². The third kappa shape index (κ3) is 3.59. The number of rotatable bonds is 6. The van der Waals surface area contributed by atoms with Gasteiger partial charge in [0.15, 0.2) is 0 Å². The fourth-order valence-corrected chi connectivity index (χ4v) is 3.11. The van der Waals surface area contributed by atoms with Gasteiger partial charge in [0.1, 0.15) is 5.03 Å². The molecule has 0 unspecified atom stereocenters. The van der Waals surface area contributed by atoms with E-state index >= 15 is 0 Å². The summed E-state index contributed by atoms with van der Waals surface area (Å²) in [5, 5.41) is 3.92. The molecule has 1 aliphatic rings. The van der Waals surface area contributed by atoms with Crippen molar-refractivity contribution in [2.75, 3.05) is 25.2 Å². The molecule has 0 radical (unpaired) electrons. The van der Waals surface area contributed by atoms with Crippen LogP contribution < -0.4 is 5.32 Å². The van der Waals surface area contributed by atoms with Crippen LogP contribution in [-0.4, -0.2) is 35.8 Å². The number of hydrogen-bond acceptors (Lipinski definition) is 6. The summed E-state index contributed by atoms with van der Waals surface area (Å²) in [7, 11) is 3.25. The van der Waals surface area contributed by atoms with Crippen LogP contribution in [0.1, 0.15) is 24.8 Å². The zero-order chi connectivity index (χ0) is 13.9. The number of methoxy groups -OCH3 is 1. The molecule has 19 heavy (non-hydrogen) atoms. The fourth-order valence-electron chi connectivity index (χ4n) is 1.84. The van der Waals surface area contributed by atoms with Crippen LogP contribution in [0.2, 0.25) is 0 Å². The van der Waals surface area contributed by atoms with E-state index in [1.54, 1.807) is 18.8 Å². The minimum atomic E-state index is -0.117. The Morgan fingerprint density at radius 2 is 2.32 bits per heavy atom. The summed E-state index contributed by atoms with van der Waals surface area (Å²) in [6, 6.07) is 0. The summed E-state index contributed by atoms with van der Waals surface area (Å²) in [4.78, 5) is 20.0. The van der Waals surface area contributed by atoms with Crippen molar-refractivity contribution in [2.45, 2.75) is 31.2 Å². The zero-order valence-corrected chi connectivity index (χ0v) is 12.3. The van der Waals surface area contributed by atoms with Gasteiger partial charge in [0.25, 0.3) is 0 Å². The first-order chi connectivity index (χ1) is 9.08. The zero-order valence-electron chi connectivity index (χ0n) is 11.5. The first-order valence-corrected chi connectivity index (χ1v) is 7.28. The minimum absolute atomic E-state index is 0.117. The van der Waals surface area contributed by atoms with Crippen LogP contribution in [0.4, 0.5) is 5.95 Å². The second kappa shape index (κ2) is 5.77. The van der Waals surface area contributed by atoms with Crippen LogP contribution in [0.3, 0.4) is 0 Å². The van der Waals surface area contributed by atoms with E-state index in [1.807, 2.05) is 13.1 Å². The van der Waals surface area contributed by atoms with Gasteiger partial charge in [0.2, 0.25) is 5.95 Å². The van der Waals surface area contributed by atoms with Crippen LogP contribution >= 0.6 is 11.8 Å². The van der Waals surface area contributed by atoms with E-state index in [0.717, 1.165) is 29.2 Å². The van der Waals surface area contributed by atoms with Gasteiger partial charge in [-0.15, -0.1) is 11.8 Å². The first-order valence-electron chi connectivity index (χ1n) is 6.29. The maximum absolute atomic E-state index is 11.4. The molecular formula is C13H19N3O2S. The highest BCUT2D eigenvalue weighted by atomic mass is 32.2. The highest BCUT2D eigenvalue weighted by molar-refractivity contribution is 7.99. The lowest BCUT2D eigenvalue weighted by molar-refractivity contribution is -0.141. The van der Waals surface area contributed by atoms with Gasteiger partial charge in [-0.2, -0.15) is 0 Å². The number of carbonyl (C=O) groups is 1. The molecule has 104 valence electrons. The number of ether oxygens (including phenoxy) is 1. The Bertz CT molecular complexity index is 475. The van der Waals surface area contributed by atoms with Gasteiger partial charge >= 0.3 is 5.97 Å². The molecule has 0 aliphatic heterocycles. The van der Waals surface area contributed by atoms with Gasteiger partial charge in [-0.25, -0.2) is 9.97 Å². The van der Waals surface area contributed by atoms with Crippen LogP contribution in [0.5, 0.6) is 0 Å². The molecule has 0 atom stereocenters. The average molecular weight is 281 g/mol. The Morgan fingerprint density at radius 3 is 2.89 bits per heavy atom. The molecular weight excluding hydrogens is 262 g/mol. The maximum atomic E-state index is 11.4. The number of esters is 1. The predicted molar refractivity (Wildman–Crippen MR) is 75.3 cm³/mol. The quantitative estimate of drug-likeness (QED) is 0.490. The van der Waals surface area contributed by atoms with Gasteiger partial charge in [0, 0.05) is 19.0 Å². The van der Waals surface area contributed by atoms with Gasteiger partial charge in [0.05, 0.1) is 13.5 Å². The van der Waals surface area contributed by atoms with E-state index in [-0.39, 0.29) is 11.4 Å². The van der Waals surface area contributed by atoms with E-state index in [2.05, 4.69) is 15.3 Å². The van der Waals surface area contributed by atoms with Gasteiger partial charge in [-0.05, 0) is 30.7 Å². The number of carbonyl (C=O) groups excluding carboxylic acids is 1. The first kappa shape index (κ1) is 14.1. The summed E-state index contributed by atoms with van der Waals surface area (Å²) < 4.78 is 4.75. The normalized spacial score (nSPS) is 15.9. The van der Waals surface area contributed by atoms with Crippen molar-refractivity contribution in [3.05, 3.63) is 11.8 Å². The van der Waals surface area contributed by atoms with Crippen LogP contribution in [-0.2, 0) is 9.53 Å². The second-order valence-electron chi connectivity index (χ2n) is 4.97. The van der Waals surface area contributed by atoms with Gasteiger partial charge < -0.3 is 10.1 Å². The molecule has 1 aromatic heterocycles. The molecule has 5 nitrogen and oxygen atoms in total. The summed E-state index contributed by atoms with van der Waals surface area (Å²) in [5.41, 5.74) is 1.19. The van der Waals surface area contributed by atoms with Crippen molar-refractivity contribution in [3.63, 3.8) is 0 Å². The maximum Gasteiger partial charge on any atom is 0.306 e. The Morgan fingerprint density at radius 1 is 1.58 bits per heavy atom. The smallest absolute Gasteiger partial charge is 0.306 e. The third-order valence-electron chi connectivity index (χ3n) is 3.37. The molecule has 1 N–H and O–H groups in total. The lowest BCUT2D eigenvalue weighted by atomic mass is 10.1. The Balaban J connectivity index is 1.97. The molecule has 0 bridgehead atoms. The standard InChI is InChI=1S/C13H19N3O2S/c1-9-7-15-12(14-2)16-11(9)19-8-13(4-5-13)6-10(17)18-3/h7H,4-6,8H2,1-3H3,(H,14,15,16). The SMILES string of the molecule is CNc1ncc(C)c(SCC2(CC(=O)OC)CC2)n1. The number of anilines is 1. The highest BCUT2D eigenvalue weighted by Gasteiger charge is 2.44. The lowest BCUT2D eigenvalue weighted by Gasteiger charge is -2.13. The van der Waals surface area contributed by atoms with Gasteiger partial charge in [-0.1, -0.05) is 0 Å². The Kier molecular flexibility index (Phi) is 4.29. The van der Waals surface area contributed by atoms with Crippen LogP contribution in [0.15, 0.2) is 11.2 Å². The summed E-state index contributed by atoms with van der Waals surface area (Å²) in [5.74, 6) is 1.42. The number of nitrogens with zero attached hydrogens (tertiary/aromatic N) is 2. The number of aryl methyl sites for hydroxylation is 1. The topological polar surface area (TPSA) is 64.1 Å². The monoisotopic (exact) mass is 281 g/mol. The largest absolute Gasteiger partial charge is 0.469 e. The highest BCUT2D eigenvalue weighted by Crippen LogP contribution is 2.52. The number of aromatic nitrogens is 2. The number of hydrogen-bond donors (Lipinski definition) is 1. The van der Waals surface area contributed by atoms with E-state index in [9.17, 15) is 4.79 Å². The predicted octanol–water partition coefficient (Wildman–Crippen LogP) is 2.26. The van der Waals surface area contributed by atoms with Crippen molar-refractivity contribution in [2.24, 2.45) is 5.41 Å². The van der Waals surface area contributed by atoms with Crippen molar-refractivity contribution >= 4 is 23.7 Å². The van der Waals surface area contributed by atoms with Crippen molar-refractivity contribution in [1.29, 1.82) is 0 Å². The molecule has 0 spiro atoms. The van der Waals surface area contributed by atoms with Gasteiger partial charge in [-0.3, -0.25) is 4.79 Å². The van der Waals surface area contributed by atoms with E-state index in [0.29, 0.717) is 12.4 Å². The molecule has 0 amide bonds. The lowest BCUT2D eigenvalue weighted by Crippen LogP contribution is -2.13. The minimum Gasteiger partial charge on any atom is -0.469 e. The molecule has 1 saturated carbocycles. The van der Waals surface area contributed by atoms with Crippen LogP contribution in [0.25, 0.3) is 0 Å². The average Bonchev–Trinajstić information content (AvgIpc) is 3.18. The fraction of sp³-hybridized carbons (Fsp3) is 0.615. The second-order valence-corrected chi connectivity index (χ2v) is 5.94. The molecule has 1 heterocycles.